The molecule has 2 rings (SSSR count). The van der Waals surface area contributed by atoms with E-state index in [2.05, 4.69) is 14.6 Å². The van der Waals surface area contributed by atoms with E-state index in [4.69, 9.17) is 39.6 Å². The maximum absolute atomic E-state index is 12.3. The van der Waals surface area contributed by atoms with Crippen molar-refractivity contribution in [2.45, 2.75) is 26.2 Å². The number of Topliss-reactive ketones (excluding diaryl/α,β-unsaturated/α-hetero) is 1. The first-order valence-electron chi connectivity index (χ1n) is 11.2. The molecule has 15 heteroatoms. The number of aliphatic carboxylic acids is 4. The summed E-state index contributed by atoms with van der Waals surface area (Å²) in [5.74, 6) is -7.23. The minimum atomic E-state index is -3.31. The number of likely N-dealkylation sites (N-methyl/N-ethyl adjacent to an activating group) is 1. The van der Waals surface area contributed by atoms with Crippen molar-refractivity contribution in [1.82, 2.24) is 9.88 Å². The Kier molecular flexibility index (Phi) is 15.3. The Bertz CT molecular complexity index is 1200. The highest BCUT2D eigenvalue weighted by atomic mass is 32.2. The van der Waals surface area contributed by atoms with Gasteiger partial charge in [0, 0.05) is 42.0 Å². The van der Waals surface area contributed by atoms with Crippen LogP contribution in [-0.2, 0) is 35.6 Å². The zero-order chi connectivity index (χ0) is 30.2. The highest BCUT2D eigenvalue weighted by Gasteiger charge is 2.09. The number of anilines is 1. The minimum Gasteiger partial charge on any atom is -0.473 e. The van der Waals surface area contributed by atoms with Crippen molar-refractivity contribution in [3.8, 4) is 0 Å². The van der Waals surface area contributed by atoms with Crippen molar-refractivity contribution >= 4 is 45.4 Å². The third-order valence-electron chi connectivity index (χ3n) is 4.52. The van der Waals surface area contributed by atoms with E-state index in [1.54, 1.807) is 24.3 Å². The van der Waals surface area contributed by atoms with Gasteiger partial charge in [-0.15, -0.1) is 0 Å². The van der Waals surface area contributed by atoms with Crippen LogP contribution in [0.15, 0.2) is 42.5 Å². The second-order valence-electron chi connectivity index (χ2n) is 8.02. The molecule has 214 valence electrons. The van der Waals surface area contributed by atoms with Gasteiger partial charge in [-0.2, -0.15) is 0 Å². The van der Waals surface area contributed by atoms with Crippen LogP contribution in [-0.4, -0.2) is 94.8 Å². The molecule has 1 aromatic carbocycles. The van der Waals surface area contributed by atoms with Gasteiger partial charge >= 0.3 is 23.9 Å². The van der Waals surface area contributed by atoms with Crippen LogP contribution in [0.5, 0.6) is 0 Å². The van der Waals surface area contributed by atoms with E-state index in [9.17, 15) is 13.2 Å². The van der Waals surface area contributed by atoms with Gasteiger partial charge in [-0.1, -0.05) is 6.07 Å². The van der Waals surface area contributed by atoms with Gasteiger partial charge in [0.15, 0.2) is 5.78 Å². The van der Waals surface area contributed by atoms with Crippen LogP contribution in [0.3, 0.4) is 0 Å². The molecule has 0 bridgehead atoms. The number of nitrogens with one attached hydrogen (secondary N) is 1. The molecule has 39 heavy (non-hydrogen) atoms. The van der Waals surface area contributed by atoms with E-state index < -0.39 is 33.9 Å². The molecule has 0 radical (unpaired) electrons. The molecule has 0 saturated heterocycles. The van der Waals surface area contributed by atoms with Crippen molar-refractivity contribution in [2.75, 3.05) is 31.1 Å². The number of carbonyl (C=O) groups is 5. The lowest BCUT2D eigenvalue weighted by atomic mass is 10.1. The van der Waals surface area contributed by atoms with Crippen molar-refractivity contribution in [1.29, 1.82) is 0 Å². The largest absolute Gasteiger partial charge is 0.473 e. The van der Waals surface area contributed by atoms with Crippen molar-refractivity contribution in [3.63, 3.8) is 0 Å². The Labute approximate surface area is 225 Å². The van der Waals surface area contributed by atoms with E-state index in [-0.39, 0.29) is 5.78 Å². The summed E-state index contributed by atoms with van der Waals surface area (Å²) in [6.45, 7) is 3.73. The first kappa shape index (κ1) is 34.6. The van der Waals surface area contributed by atoms with Crippen LogP contribution >= 0.6 is 0 Å². The number of rotatable bonds is 10. The number of benzene rings is 1. The van der Waals surface area contributed by atoms with Gasteiger partial charge < -0.3 is 25.3 Å². The molecule has 0 atom stereocenters. The van der Waals surface area contributed by atoms with Gasteiger partial charge in [0.1, 0.15) is 0 Å². The molecule has 0 saturated carbocycles. The molecule has 0 spiro atoms. The summed E-state index contributed by atoms with van der Waals surface area (Å²) < 4.78 is 24.8. The van der Waals surface area contributed by atoms with Crippen LogP contribution in [0.2, 0.25) is 0 Å². The van der Waals surface area contributed by atoms with Crippen LogP contribution in [0.1, 0.15) is 34.6 Å². The minimum absolute atomic E-state index is 0.0645. The number of hydrogen-bond acceptors (Lipinski definition) is 9. The van der Waals surface area contributed by atoms with Crippen LogP contribution in [0.4, 0.5) is 5.69 Å². The fraction of sp³-hybridized carbons (Fsp3) is 0.333. The maximum Gasteiger partial charge on any atom is 0.414 e. The fourth-order valence-corrected chi connectivity index (χ4v) is 3.31. The van der Waals surface area contributed by atoms with Gasteiger partial charge in [-0.3, -0.25) is 14.5 Å². The highest BCUT2D eigenvalue weighted by molar-refractivity contribution is 7.92. The molecule has 1 heterocycles. The van der Waals surface area contributed by atoms with E-state index in [1.807, 2.05) is 32.2 Å². The Morgan fingerprint density at radius 3 is 1.79 bits per heavy atom. The second-order valence-corrected chi connectivity index (χ2v) is 9.77. The maximum atomic E-state index is 12.3. The molecule has 2 aromatic rings. The smallest absolute Gasteiger partial charge is 0.414 e. The number of nitrogens with zero attached hydrogens (tertiary/aromatic N) is 2. The third-order valence-corrected chi connectivity index (χ3v) is 5.12. The van der Waals surface area contributed by atoms with Crippen molar-refractivity contribution < 1.29 is 52.8 Å². The number of carboxylic acids is 4. The van der Waals surface area contributed by atoms with Gasteiger partial charge in [0.2, 0.25) is 10.0 Å². The predicted molar refractivity (Wildman–Crippen MR) is 139 cm³/mol. The van der Waals surface area contributed by atoms with E-state index in [0.717, 1.165) is 43.6 Å². The topological polar surface area (TPSA) is 229 Å². The van der Waals surface area contributed by atoms with Crippen molar-refractivity contribution in [3.05, 3.63) is 59.4 Å². The summed E-state index contributed by atoms with van der Waals surface area (Å²) in [6.07, 6.45) is 3.23. The molecule has 0 aliphatic heterocycles. The number of aryl methyl sites for hydroxylation is 1. The quantitative estimate of drug-likeness (QED) is 0.200. The summed E-state index contributed by atoms with van der Waals surface area (Å²) in [5, 5.41) is 29.6. The van der Waals surface area contributed by atoms with E-state index >= 15 is 0 Å². The van der Waals surface area contributed by atoms with E-state index in [0.29, 0.717) is 17.7 Å². The number of aromatic nitrogens is 1. The summed E-state index contributed by atoms with van der Waals surface area (Å²) >= 11 is 0. The number of sulfonamides is 1. The van der Waals surface area contributed by atoms with Crippen LogP contribution in [0.25, 0.3) is 0 Å². The first-order valence-corrected chi connectivity index (χ1v) is 13.1. The molecule has 1 aromatic heterocycles. The molecule has 0 fully saturated rings. The third kappa shape index (κ3) is 17.7. The van der Waals surface area contributed by atoms with Gasteiger partial charge in [0.25, 0.3) is 0 Å². The number of pyridine rings is 1. The summed E-state index contributed by atoms with van der Waals surface area (Å²) in [6, 6.07) is 12.6. The SMILES string of the molecule is Cc1cccc(CCN(C)CCCC(=O)c2ccc(NS(C)(=O)=O)cc2)n1.O=C(O)C(=O)O.O=C(O)C(=O)O. The molecule has 5 N–H and O–H groups in total. The predicted octanol–water partition coefficient (Wildman–Crippen LogP) is 1.21. The van der Waals surface area contributed by atoms with Crippen LogP contribution in [0, 0.1) is 6.92 Å². The number of ketones is 1. The Balaban J connectivity index is 0.00000100. The molecule has 0 unspecified atom stereocenters. The van der Waals surface area contributed by atoms with Gasteiger partial charge in [0.05, 0.1) is 6.26 Å². The monoisotopic (exact) mass is 569 g/mol. The first-order chi connectivity index (χ1) is 18.0. The average molecular weight is 570 g/mol. The molecule has 14 nitrogen and oxygen atoms in total. The summed E-state index contributed by atoms with van der Waals surface area (Å²) in [5.41, 5.74) is 3.17. The van der Waals surface area contributed by atoms with Gasteiger partial charge in [-0.05, 0) is 63.3 Å². The second kappa shape index (κ2) is 17.2. The fourth-order valence-electron chi connectivity index (χ4n) is 2.75. The zero-order valence-electron chi connectivity index (χ0n) is 21.5. The van der Waals surface area contributed by atoms with Gasteiger partial charge in [-0.25, -0.2) is 27.6 Å². The lowest BCUT2D eigenvalue weighted by molar-refractivity contribution is -0.159. The molecule has 0 amide bonds. The lowest BCUT2D eigenvalue weighted by Crippen LogP contribution is -2.23. The lowest BCUT2D eigenvalue weighted by Gasteiger charge is -2.16. The molecular weight excluding hydrogens is 538 g/mol. The normalized spacial score (nSPS) is 10.3. The Morgan fingerprint density at radius 1 is 0.846 bits per heavy atom. The zero-order valence-corrected chi connectivity index (χ0v) is 22.3. The molecule has 0 aliphatic rings. The Hall–Kier alpha value is -4.37. The summed E-state index contributed by atoms with van der Waals surface area (Å²) in [7, 11) is -1.26. The number of carboxylic acid groups (broad SMARTS) is 4. The number of carbonyl (C=O) groups excluding carboxylic acids is 1. The summed E-state index contributed by atoms with van der Waals surface area (Å²) in [4.78, 5) is 55.4. The molecular formula is C24H31N3O11S. The average Bonchev–Trinajstić information content (AvgIpc) is 2.83. The number of hydrogen-bond donors (Lipinski definition) is 5. The molecule has 0 aliphatic carbocycles. The van der Waals surface area contributed by atoms with E-state index in [1.165, 1.54) is 0 Å². The van der Waals surface area contributed by atoms with Crippen LogP contribution < -0.4 is 4.72 Å². The standard InChI is InChI=1S/C20H27N3O3S.2C2H2O4/c1-16-6-4-7-18(21-16)13-15-23(2)14-5-8-20(24)17-9-11-19(12-10-17)22-27(3,25)26;2*3-1(4)2(5)6/h4,6-7,9-12,22H,5,8,13-15H2,1-3H3;2*(H,3,4)(H,5,6). The Morgan fingerprint density at radius 2 is 1.36 bits per heavy atom. The van der Waals surface area contributed by atoms with Crippen molar-refractivity contribution in [2.24, 2.45) is 0 Å². The highest BCUT2D eigenvalue weighted by Crippen LogP contribution is 2.13.